The van der Waals surface area contributed by atoms with Crippen molar-refractivity contribution < 1.29 is 0 Å². The van der Waals surface area contributed by atoms with Gasteiger partial charge >= 0.3 is 0 Å². The number of hydrogen-bond donors (Lipinski definition) is 1. The van der Waals surface area contributed by atoms with E-state index in [0.717, 1.165) is 5.92 Å². The van der Waals surface area contributed by atoms with E-state index in [0.29, 0.717) is 12.1 Å². The molecule has 2 N–H and O–H groups in total. The second-order valence-corrected chi connectivity index (χ2v) is 5.44. The first kappa shape index (κ1) is 11.4. The third-order valence-electron chi connectivity index (χ3n) is 4.25. The molecule has 3 nitrogen and oxygen atoms in total. The molecule has 2 rings (SSSR count). The maximum atomic E-state index is 6.12. The second-order valence-electron chi connectivity index (χ2n) is 5.44. The highest BCUT2D eigenvalue weighted by Crippen LogP contribution is 2.25. The lowest BCUT2D eigenvalue weighted by molar-refractivity contribution is 0.0909. The molecule has 3 atom stereocenters. The lowest BCUT2D eigenvalue weighted by atomic mass is 10.0. The summed E-state index contributed by atoms with van der Waals surface area (Å²) in [5, 5.41) is 0. The average Bonchev–Trinajstić information content (AvgIpc) is 2.59. The Labute approximate surface area is 93.6 Å². The van der Waals surface area contributed by atoms with E-state index in [-0.39, 0.29) is 0 Å². The van der Waals surface area contributed by atoms with E-state index in [1.165, 1.54) is 45.4 Å². The molecular weight excluding hydrogens is 186 g/mol. The first-order chi connectivity index (χ1) is 7.16. The summed E-state index contributed by atoms with van der Waals surface area (Å²) in [5.41, 5.74) is 6.12. The van der Waals surface area contributed by atoms with Gasteiger partial charge in [-0.25, -0.2) is 0 Å². The summed E-state index contributed by atoms with van der Waals surface area (Å²) < 4.78 is 0. The highest BCUT2D eigenvalue weighted by atomic mass is 15.3. The number of piperazine rings is 1. The van der Waals surface area contributed by atoms with Crippen LogP contribution in [0, 0.1) is 5.92 Å². The zero-order chi connectivity index (χ0) is 10.8. The third-order valence-corrected chi connectivity index (χ3v) is 4.25. The number of nitrogens with zero attached hydrogens (tertiary/aromatic N) is 2. The number of hydrogen-bond acceptors (Lipinski definition) is 3. The van der Waals surface area contributed by atoms with Crippen molar-refractivity contribution in [3.8, 4) is 0 Å². The Hall–Kier alpha value is -0.120. The van der Waals surface area contributed by atoms with Gasteiger partial charge in [0.1, 0.15) is 0 Å². The Bertz CT molecular complexity index is 207. The van der Waals surface area contributed by atoms with Gasteiger partial charge in [-0.3, -0.25) is 0 Å². The maximum absolute atomic E-state index is 6.12. The molecule has 0 spiro atoms. The summed E-state index contributed by atoms with van der Waals surface area (Å²) in [6.45, 7) is 7.22. The predicted octanol–water partition coefficient (Wildman–Crippen LogP) is 0.750. The smallest absolute Gasteiger partial charge is 0.0192 e. The average molecular weight is 211 g/mol. The van der Waals surface area contributed by atoms with Crippen molar-refractivity contribution in [1.29, 1.82) is 0 Å². The van der Waals surface area contributed by atoms with Gasteiger partial charge in [-0.15, -0.1) is 0 Å². The highest BCUT2D eigenvalue weighted by molar-refractivity contribution is 4.85. The fourth-order valence-electron chi connectivity index (χ4n) is 2.91. The Morgan fingerprint density at radius 2 is 2.07 bits per heavy atom. The van der Waals surface area contributed by atoms with Crippen molar-refractivity contribution in [2.75, 3.05) is 33.2 Å². The molecule has 0 amide bonds. The number of nitrogens with two attached hydrogens (primary N) is 1. The van der Waals surface area contributed by atoms with Crippen molar-refractivity contribution in [2.24, 2.45) is 11.7 Å². The molecular formula is C12H25N3. The van der Waals surface area contributed by atoms with Gasteiger partial charge in [0.2, 0.25) is 0 Å². The molecule has 1 saturated heterocycles. The topological polar surface area (TPSA) is 32.5 Å². The van der Waals surface area contributed by atoms with Crippen LogP contribution in [0.1, 0.15) is 26.2 Å². The molecule has 1 aliphatic carbocycles. The quantitative estimate of drug-likeness (QED) is 0.731. The van der Waals surface area contributed by atoms with Crippen LogP contribution in [-0.4, -0.2) is 55.1 Å². The summed E-state index contributed by atoms with van der Waals surface area (Å²) in [7, 11) is 2.23. The maximum Gasteiger partial charge on any atom is 0.0192 e. The molecule has 3 unspecified atom stereocenters. The van der Waals surface area contributed by atoms with Crippen LogP contribution < -0.4 is 5.73 Å². The van der Waals surface area contributed by atoms with E-state index < -0.39 is 0 Å². The Kier molecular flexibility index (Phi) is 3.65. The highest BCUT2D eigenvalue weighted by Gasteiger charge is 2.28. The molecule has 1 saturated carbocycles. The number of rotatable bonds is 2. The molecule has 0 aromatic carbocycles. The van der Waals surface area contributed by atoms with Crippen LogP contribution in [0.5, 0.6) is 0 Å². The number of likely N-dealkylation sites (N-methyl/N-ethyl adjacent to an activating group) is 1. The van der Waals surface area contributed by atoms with Gasteiger partial charge < -0.3 is 15.5 Å². The van der Waals surface area contributed by atoms with Gasteiger partial charge in [0, 0.05) is 38.3 Å². The van der Waals surface area contributed by atoms with Gasteiger partial charge in [-0.2, -0.15) is 0 Å². The second kappa shape index (κ2) is 4.81. The molecule has 1 heterocycles. The fourth-order valence-corrected chi connectivity index (χ4v) is 2.91. The molecule has 0 aromatic heterocycles. The van der Waals surface area contributed by atoms with Crippen LogP contribution in [0.15, 0.2) is 0 Å². The standard InChI is InChI=1S/C12H25N3/c1-10-8-15(7-6-14(10)2)9-11-4-3-5-12(11)13/h10-12H,3-9,13H2,1-2H3. The van der Waals surface area contributed by atoms with Gasteiger partial charge in [0.05, 0.1) is 0 Å². The molecule has 2 aliphatic rings. The van der Waals surface area contributed by atoms with Crippen molar-refractivity contribution in [1.82, 2.24) is 9.80 Å². The third kappa shape index (κ3) is 2.71. The zero-order valence-corrected chi connectivity index (χ0v) is 10.2. The van der Waals surface area contributed by atoms with E-state index in [9.17, 15) is 0 Å². The summed E-state index contributed by atoms with van der Waals surface area (Å²) in [6, 6.07) is 1.18. The lowest BCUT2D eigenvalue weighted by Gasteiger charge is -2.39. The molecule has 88 valence electrons. The van der Waals surface area contributed by atoms with Crippen molar-refractivity contribution >= 4 is 0 Å². The van der Waals surface area contributed by atoms with Crippen LogP contribution in [0.3, 0.4) is 0 Å². The summed E-state index contributed by atoms with van der Waals surface area (Å²) >= 11 is 0. The van der Waals surface area contributed by atoms with Crippen molar-refractivity contribution in [3.05, 3.63) is 0 Å². The van der Waals surface area contributed by atoms with E-state index in [1.54, 1.807) is 0 Å². The van der Waals surface area contributed by atoms with E-state index in [4.69, 9.17) is 5.73 Å². The minimum Gasteiger partial charge on any atom is -0.327 e. The Balaban J connectivity index is 1.80. The van der Waals surface area contributed by atoms with Gasteiger partial charge in [0.25, 0.3) is 0 Å². The van der Waals surface area contributed by atoms with Crippen LogP contribution in [0.2, 0.25) is 0 Å². The van der Waals surface area contributed by atoms with Crippen molar-refractivity contribution in [3.63, 3.8) is 0 Å². The fraction of sp³-hybridized carbons (Fsp3) is 1.00. The molecule has 0 radical (unpaired) electrons. The molecule has 1 aliphatic heterocycles. The summed E-state index contributed by atoms with van der Waals surface area (Å²) in [6.07, 6.45) is 3.94. The van der Waals surface area contributed by atoms with E-state index in [2.05, 4.69) is 23.8 Å². The summed E-state index contributed by atoms with van der Waals surface area (Å²) in [4.78, 5) is 5.06. The van der Waals surface area contributed by atoms with E-state index >= 15 is 0 Å². The Morgan fingerprint density at radius 3 is 2.67 bits per heavy atom. The first-order valence-corrected chi connectivity index (χ1v) is 6.35. The molecule has 2 fully saturated rings. The molecule has 0 aromatic rings. The van der Waals surface area contributed by atoms with Gasteiger partial charge in [-0.05, 0) is 32.7 Å². The van der Waals surface area contributed by atoms with Gasteiger partial charge in [0.15, 0.2) is 0 Å². The normalized spacial score (nSPS) is 39.8. The zero-order valence-electron chi connectivity index (χ0n) is 10.2. The minimum atomic E-state index is 0.472. The van der Waals surface area contributed by atoms with Gasteiger partial charge in [-0.1, -0.05) is 6.42 Å². The van der Waals surface area contributed by atoms with Crippen LogP contribution in [0.25, 0.3) is 0 Å². The largest absolute Gasteiger partial charge is 0.327 e. The first-order valence-electron chi connectivity index (χ1n) is 6.35. The van der Waals surface area contributed by atoms with E-state index in [1.807, 2.05) is 0 Å². The summed E-state index contributed by atoms with van der Waals surface area (Å²) in [5.74, 6) is 0.764. The SMILES string of the molecule is CC1CN(CC2CCCC2N)CCN1C. The monoisotopic (exact) mass is 211 g/mol. The Morgan fingerprint density at radius 1 is 1.27 bits per heavy atom. The molecule has 3 heteroatoms. The van der Waals surface area contributed by atoms with Crippen LogP contribution in [-0.2, 0) is 0 Å². The van der Waals surface area contributed by atoms with Crippen LogP contribution in [0.4, 0.5) is 0 Å². The molecule has 0 bridgehead atoms. The predicted molar refractivity (Wildman–Crippen MR) is 63.8 cm³/mol. The minimum absolute atomic E-state index is 0.472. The van der Waals surface area contributed by atoms with Crippen molar-refractivity contribution in [2.45, 2.75) is 38.3 Å². The van der Waals surface area contributed by atoms with Crippen LogP contribution >= 0.6 is 0 Å². The molecule has 15 heavy (non-hydrogen) atoms. The lowest BCUT2D eigenvalue weighted by Crippen LogP contribution is -2.51.